The number of methoxy groups -OCH3 is 1. The summed E-state index contributed by atoms with van der Waals surface area (Å²) in [5.74, 6) is 0.548. The number of nitrogen functional groups attached to an aromatic ring is 1. The number of hydrogen-bond acceptors (Lipinski definition) is 4. The Morgan fingerprint density at radius 1 is 1.19 bits per heavy atom. The van der Waals surface area contributed by atoms with E-state index >= 15 is 0 Å². The van der Waals surface area contributed by atoms with Crippen molar-refractivity contribution in [3.63, 3.8) is 0 Å². The van der Waals surface area contributed by atoms with Crippen molar-refractivity contribution < 1.29 is 13.9 Å². The van der Waals surface area contributed by atoms with Crippen molar-refractivity contribution in [3.8, 4) is 11.5 Å². The summed E-state index contributed by atoms with van der Waals surface area (Å²) < 4.78 is 24.0. The zero-order valence-electron chi connectivity index (χ0n) is 12.2. The average Bonchev–Trinajstić information content (AvgIpc) is 2.49. The van der Waals surface area contributed by atoms with Gasteiger partial charge in [-0.3, -0.25) is 0 Å². The highest BCUT2D eigenvalue weighted by Gasteiger charge is 2.08. The van der Waals surface area contributed by atoms with Crippen molar-refractivity contribution in [1.29, 1.82) is 0 Å². The Labute approximate surface area is 123 Å². The van der Waals surface area contributed by atoms with Gasteiger partial charge in [0.2, 0.25) is 0 Å². The number of nitrogens with two attached hydrogens (primary N) is 1. The molecule has 2 rings (SSSR count). The summed E-state index contributed by atoms with van der Waals surface area (Å²) in [5.41, 5.74) is 7.89. The van der Waals surface area contributed by atoms with Gasteiger partial charge in [-0.2, -0.15) is 0 Å². The molecule has 2 aromatic rings. The van der Waals surface area contributed by atoms with Crippen LogP contribution in [0.5, 0.6) is 11.5 Å². The maximum Gasteiger partial charge on any atom is 0.167 e. The molecular weight excluding hydrogens is 271 g/mol. The molecule has 4 nitrogen and oxygen atoms in total. The maximum absolute atomic E-state index is 13.6. The molecular formula is C16H19FN2O2. The van der Waals surface area contributed by atoms with Gasteiger partial charge in [-0.1, -0.05) is 12.1 Å². The molecule has 0 atom stereocenters. The molecule has 0 radical (unpaired) electrons. The van der Waals surface area contributed by atoms with Crippen LogP contribution in [0.25, 0.3) is 0 Å². The highest BCUT2D eigenvalue weighted by atomic mass is 19.1. The number of benzene rings is 2. The van der Waals surface area contributed by atoms with E-state index < -0.39 is 5.82 Å². The highest BCUT2D eigenvalue weighted by Crippen LogP contribution is 2.28. The van der Waals surface area contributed by atoms with Gasteiger partial charge in [0.1, 0.15) is 5.75 Å². The fourth-order valence-electron chi connectivity index (χ4n) is 1.93. The minimum atomic E-state index is -0.454. The van der Waals surface area contributed by atoms with Crippen molar-refractivity contribution in [2.45, 2.75) is 13.5 Å². The fraction of sp³-hybridized carbons (Fsp3) is 0.250. The summed E-state index contributed by atoms with van der Waals surface area (Å²) in [6.45, 7) is 2.78. The first-order valence-electron chi connectivity index (χ1n) is 6.72. The Hall–Kier alpha value is -2.43. The van der Waals surface area contributed by atoms with Crippen molar-refractivity contribution in [2.24, 2.45) is 0 Å². The topological polar surface area (TPSA) is 56.5 Å². The molecule has 5 heteroatoms. The maximum atomic E-state index is 13.6. The van der Waals surface area contributed by atoms with Gasteiger partial charge >= 0.3 is 0 Å². The standard InChI is InChI=1S/C16H19FN2O2/c1-3-21-16-9-15(14(18)8-13(16)17)19-10-11-4-6-12(20-2)7-5-11/h4-9,19H,3,10,18H2,1-2H3. The minimum Gasteiger partial charge on any atom is -0.497 e. The van der Waals surface area contributed by atoms with E-state index in [1.54, 1.807) is 20.1 Å². The van der Waals surface area contributed by atoms with Gasteiger partial charge in [0, 0.05) is 18.7 Å². The zero-order valence-corrected chi connectivity index (χ0v) is 12.2. The quantitative estimate of drug-likeness (QED) is 0.800. The van der Waals surface area contributed by atoms with E-state index in [0.29, 0.717) is 24.5 Å². The molecule has 112 valence electrons. The monoisotopic (exact) mass is 290 g/mol. The van der Waals surface area contributed by atoms with Gasteiger partial charge in [-0.15, -0.1) is 0 Å². The molecule has 0 aliphatic heterocycles. The predicted molar refractivity (Wildman–Crippen MR) is 82.3 cm³/mol. The number of anilines is 2. The van der Waals surface area contributed by atoms with Gasteiger partial charge in [0.15, 0.2) is 11.6 Å². The molecule has 3 N–H and O–H groups in total. The van der Waals surface area contributed by atoms with E-state index in [-0.39, 0.29) is 5.75 Å². The Morgan fingerprint density at radius 2 is 1.90 bits per heavy atom. The predicted octanol–water partition coefficient (Wildman–Crippen LogP) is 3.43. The second-order valence-corrected chi connectivity index (χ2v) is 4.50. The van der Waals surface area contributed by atoms with E-state index in [4.69, 9.17) is 15.2 Å². The first-order chi connectivity index (χ1) is 10.1. The average molecular weight is 290 g/mol. The Bertz CT molecular complexity index is 600. The van der Waals surface area contributed by atoms with E-state index in [1.807, 2.05) is 24.3 Å². The molecule has 0 aromatic heterocycles. The Morgan fingerprint density at radius 3 is 2.52 bits per heavy atom. The fourth-order valence-corrected chi connectivity index (χ4v) is 1.93. The smallest absolute Gasteiger partial charge is 0.167 e. The molecule has 0 aliphatic carbocycles. The number of ether oxygens (including phenoxy) is 2. The van der Waals surface area contributed by atoms with Gasteiger partial charge in [-0.05, 0) is 24.6 Å². The van der Waals surface area contributed by atoms with Crippen LogP contribution >= 0.6 is 0 Å². The molecule has 0 spiro atoms. The van der Waals surface area contributed by atoms with Crippen LogP contribution < -0.4 is 20.5 Å². The summed E-state index contributed by atoms with van der Waals surface area (Å²) in [7, 11) is 1.63. The Kier molecular flexibility index (Phi) is 4.87. The summed E-state index contributed by atoms with van der Waals surface area (Å²) >= 11 is 0. The van der Waals surface area contributed by atoms with Crippen LogP contribution in [0.15, 0.2) is 36.4 Å². The molecule has 0 bridgehead atoms. The molecule has 0 saturated heterocycles. The molecule has 0 fully saturated rings. The summed E-state index contributed by atoms with van der Waals surface area (Å²) in [4.78, 5) is 0. The summed E-state index contributed by atoms with van der Waals surface area (Å²) in [5, 5.41) is 3.18. The highest BCUT2D eigenvalue weighted by molar-refractivity contribution is 5.68. The third kappa shape index (κ3) is 3.78. The van der Waals surface area contributed by atoms with E-state index in [0.717, 1.165) is 11.3 Å². The normalized spacial score (nSPS) is 10.2. The van der Waals surface area contributed by atoms with E-state index in [1.165, 1.54) is 6.07 Å². The molecule has 0 unspecified atom stereocenters. The molecule has 0 heterocycles. The second kappa shape index (κ2) is 6.83. The minimum absolute atomic E-state index is 0.198. The molecule has 0 amide bonds. The van der Waals surface area contributed by atoms with Crippen molar-refractivity contribution in [2.75, 3.05) is 24.8 Å². The summed E-state index contributed by atoms with van der Waals surface area (Å²) in [6, 6.07) is 10.5. The van der Waals surface area contributed by atoms with Gasteiger partial charge in [-0.25, -0.2) is 4.39 Å². The van der Waals surface area contributed by atoms with Crippen LogP contribution in [0.1, 0.15) is 12.5 Å². The van der Waals surface area contributed by atoms with Crippen LogP contribution in [-0.2, 0) is 6.54 Å². The Balaban J connectivity index is 2.09. The number of rotatable bonds is 6. The van der Waals surface area contributed by atoms with Crippen LogP contribution in [0.2, 0.25) is 0 Å². The van der Waals surface area contributed by atoms with Crippen LogP contribution in [-0.4, -0.2) is 13.7 Å². The van der Waals surface area contributed by atoms with Gasteiger partial charge in [0.05, 0.1) is 25.1 Å². The lowest BCUT2D eigenvalue weighted by atomic mass is 10.2. The molecule has 21 heavy (non-hydrogen) atoms. The molecule has 0 aliphatic rings. The largest absolute Gasteiger partial charge is 0.497 e. The zero-order chi connectivity index (χ0) is 15.2. The lowest BCUT2D eigenvalue weighted by molar-refractivity contribution is 0.322. The number of halogens is 1. The second-order valence-electron chi connectivity index (χ2n) is 4.50. The van der Waals surface area contributed by atoms with Crippen LogP contribution in [0, 0.1) is 5.82 Å². The van der Waals surface area contributed by atoms with E-state index in [9.17, 15) is 4.39 Å². The lowest BCUT2D eigenvalue weighted by Gasteiger charge is -2.13. The van der Waals surface area contributed by atoms with Crippen molar-refractivity contribution >= 4 is 11.4 Å². The first-order valence-corrected chi connectivity index (χ1v) is 6.72. The molecule has 2 aromatic carbocycles. The van der Waals surface area contributed by atoms with Crippen LogP contribution in [0.3, 0.4) is 0 Å². The SMILES string of the molecule is CCOc1cc(NCc2ccc(OC)cc2)c(N)cc1F. The van der Waals surface area contributed by atoms with E-state index in [2.05, 4.69) is 5.32 Å². The number of nitrogens with one attached hydrogen (secondary N) is 1. The third-order valence-electron chi connectivity index (χ3n) is 3.05. The number of hydrogen-bond donors (Lipinski definition) is 2. The van der Waals surface area contributed by atoms with Crippen molar-refractivity contribution in [3.05, 3.63) is 47.8 Å². The summed E-state index contributed by atoms with van der Waals surface area (Å²) in [6.07, 6.45) is 0. The third-order valence-corrected chi connectivity index (χ3v) is 3.05. The van der Waals surface area contributed by atoms with Gasteiger partial charge in [0.25, 0.3) is 0 Å². The first kappa shape index (κ1) is 15.0. The van der Waals surface area contributed by atoms with Crippen molar-refractivity contribution in [1.82, 2.24) is 0 Å². The molecule has 0 saturated carbocycles. The van der Waals surface area contributed by atoms with Crippen LogP contribution in [0.4, 0.5) is 15.8 Å². The van der Waals surface area contributed by atoms with Gasteiger partial charge < -0.3 is 20.5 Å². The lowest BCUT2D eigenvalue weighted by Crippen LogP contribution is -2.04.